The maximum atomic E-state index is 11.8. The highest BCUT2D eigenvalue weighted by molar-refractivity contribution is 5.82. The van der Waals surface area contributed by atoms with Crippen molar-refractivity contribution < 1.29 is 19.4 Å². The van der Waals surface area contributed by atoms with Crippen molar-refractivity contribution in [2.24, 2.45) is 5.92 Å². The number of nitrogens with one attached hydrogen (secondary N) is 2. The molecule has 1 fully saturated rings. The normalized spacial score (nSPS) is 19.0. The van der Waals surface area contributed by atoms with Gasteiger partial charge in [0.2, 0.25) is 0 Å². The summed E-state index contributed by atoms with van der Waals surface area (Å²) < 4.78 is 5.22. The van der Waals surface area contributed by atoms with Crippen molar-refractivity contribution in [1.29, 1.82) is 0 Å². The van der Waals surface area contributed by atoms with Crippen molar-refractivity contribution in [2.45, 2.75) is 18.9 Å². The van der Waals surface area contributed by atoms with Gasteiger partial charge >= 0.3 is 12.0 Å². The summed E-state index contributed by atoms with van der Waals surface area (Å²) in [5.41, 5.74) is 0.870. The maximum Gasteiger partial charge on any atom is 0.326 e. The van der Waals surface area contributed by atoms with Gasteiger partial charge in [-0.15, -0.1) is 0 Å². The second-order valence-electron chi connectivity index (χ2n) is 5.16. The summed E-state index contributed by atoms with van der Waals surface area (Å²) in [6, 6.07) is 7.83. The number of carboxylic acid groups (broad SMARTS) is 1. The molecule has 0 radical (unpaired) electrons. The lowest BCUT2D eigenvalue weighted by molar-refractivity contribution is -0.139. The minimum absolute atomic E-state index is 0.260. The largest absolute Gasteiger partial charge is 0.480 e. The van der Waals surface area contributed by atoms with Crippen LogP contribution in [0, 0.1) is 5.92 Å². The Hall–Kier alpha value is -2.08. The topological polar surface area (TPSA) is 87.7 Å². The molecule has 3 N–H and O–H groups in total. The SMILES string of the molecule is O=C(NCC1CCOC1)N[C@H](Cc1ccccc1)C(=O)O. The van der Waals surface area contributed by atoms with Crippen molar-refractivity contribution >= 4 is 12.0 Å². The number of aliphatic carboxylic acids is 1. The fourth-order valence-corrected chi connectivity index (χ4v) is 2.24. The second-order valence-corrected chi connectivity index (χ2v) is 5.16. The van der Waals surface area contributed by atoms with E-state index in [2.05, 4.69) is 10.6 Å². The number of hydrogen-bond acceptors (Lipinski definition) is 3. The molecule has 1 aliphatic rings. The molecular weight excluding hydrogens is 272 g/mol. The van der Waals surface area contributed by atoms with Crippen LogP contribution in [0.5, 0.6) is 0 Å². The van der Waals surface area contributed by atoms with E-state index in [4.69, 9.17) is 4.74 Å². The van der Waals surface area contributed by atoms with E-state index >= 15 is 0 Å². The highest BCUT2D eigenvalue weighted by atomic mass is 16.5. The molecule has 1 aromatic carbocycles. The van der Waals surface area contributed by atoms with Crippen LogP contribution in [-0.2, 0) is 16.0 Å². The number of carbonyl (C=O) groups is 2. The third-order valence-electron chi connectivity index (χ3n) is 3.46. The quantitative estimate of drug-likeness (QED) is 0.730. The lowest BCUT2D eigenvalue weighted by atomic mass is 10.1. The van der Waals surface area contributed by atoms with E-state index in [-0.39, 0.29) is 6.42 Å². The van der Waals surface area contributed by atoms with Gasteiger partial charge in [-0.1, -0.05) is 30.3 Å². The Morgan fingerprint density at radius 2 is 2.10 bits per heavy atom. The first-order valence-corrected chi connectivity index (χ1v) is 7.04. The summed E-state index contributed by atoms with van der Waals surface area (Å²) in [7, 11) is 0. The number of urea groups is 1. The van der Waals surface area contributed by atoms with Crippen LogP contribution < -0.4 is 10.6 Å². The molecule has 2 rings (SSSR count). The fourth-order valence-electron chi connectivity index (χ4n) is 2.24. The predicted molar refractivity (Wildman–Crippen MR) is 77.0 cm³/mol. The molecule has 1 unspecified atom stereocenters. The van der Waals surface area contributed by atoms with Crippen LogP contribution >= 0.6 is 0 Å². The molecular formula is C15H20N2O4. The molecule has 0 spiro atoms. The van der Waals surface area contributed by atoms with Gasteiger partial charge in [0, 0.05) is 25.5 Å². The summed E-state index contributed by atoms with van der Waals surface area (Å²) in [5, 5.41) is 14.4. The van der Waals surface area contributed by atoms with Crippen LogP contribution in [0.3, 0.4) is 0 Å². The highest BCUT2D eigenvalue weighted by Crippen LogP contribution is 2.10. The average Bonchev–Trinajstić information content (AvgIpc) is 2.99. The smallest absolute Gasteiger partial charge is 0.326 e. The second kappa shape index (κ2) is 7.64. The fraction of sp³-hybridized carbons (Fsp3) is 0.467. The molecule has 2 amide bonds. The van der Waals surface area contributed by atoms with Crippen LogP contribution in [0.2, 0.25) is 0 Å². The van der Waals surface area contributed by atoms with E-state index in [9.17, 15) is 14.7 Å². The molecule has 1 aliphatic heterocycles. The van der Waals surface area contributed by atoms with Crippen LogP contribution in [0.4, 0.5) is 4.79 Å². The van der Waals surface area contributed by atoms with Crippen LogP contribution in [-0.4, -0.2) is 42.9 Å². The van der Waals surface area contributed by atoms with Crippen molar-refractivity contribution in [3.63, 3.8) is 0 Å². The lowest BCUT2D eigenvalue weighted by Crippen LogP contribution is -2.48. The van der Waals surface area contributed by atoms with E-state index in [0.717, 1.165) is 18.6 Å². The highest BCUT2D eigenvalue weighted by Gasteiger charge is 2.21. The molecule has 1 aromatic rings. The Morgan fingerprint density at radius 3 is 2.71 bits per heavy atom. The molecule has 1 saturated heterocycles. The molecule has 21 heavy (non-hydrogen) atoms. The molecule has 6 nitrogen and oxygen atoms in total. The number of hydrogen-bond donors (Lipinski definition) is 3. The first-order chi connectivity index (χ1) is 10.1. The van der Waals surface area contributed by atoms with Gasteiger partial charge in [-0.25, -0.2) is 9.59 Å². The lowest BCUT2D eigenvalue weighted by Gasteiger charge is -2.16. The van der Waals surface area contributed by atoms with Crippen molar-refractivity contribution in [3.8, 4) is 0 Å². The number of ether oxygens (including phenoxy) is 1. The number of carbonyl (C=O) groups excluding carboxylic acids is 1. The van der Waals surface area contributed by atoms with Gasteiger partial charge in [0.25, 0.3) is 0 Å². The van der Waals surface area contributed by atoms with Gasteiger partial charge in [0.15, 0.2) is 0 Å². The first kappa shape index (κ1) is 15.3. The van der Waals surface area contributed by atoms with Gasteiger partial charge in [0.05, 0.1) is 6.61 Å². The zero-order chi connectivity index (χ0) is 15.1. The van der Waals surface area contributed by atoms with E-state index in [0.29, 0.717) is 19.1 Å². The first-order valence-electron chi connectivity index (χ1n) is 7.04. The molecule has 0 saturated carbocycles. The van der Waals surface area contributed by atoms with E-state index in [1.165, 1.54) is 0 Å². The minimum Gasteiger partial charge on any atom is -0.480 e. The number of amides is 2. The van der Waals surface area contributed by atoms with Crippen LogP contribution in [0.1, 0.15) is 12.0 Å². The van der Waals surface area contributed by atoms with Gasteiger partial charge in [-0.3, -0.25) is 0 Å². The van der Waals surface area contributed by atoms with Crippen LogP contribution in [0.15, 0.2) is 30.3 Å². The molecule has 0 aromatic heterocycles. The van der Waals surface area contributed by atoms with Gasteiger partial charge < -0.3 is 20.5 Å². The monoisotopic (exact) mass is 292 g/mol. The van der Waals surface area contributed by atoms with E-state index in [1.807, 2.05) is 30.3 Å². The Balaban J connectivity index is 1.81. The minimum atomic E-state index is -1.04. The molecule has 0 aliphatic carbocycles. The van der Waals surface area contributed by atoms with Gasteiger partial charge in [-0.2, -0.15) is 0 Å². The third-order valence-corrected chi connectivity index (χ3v) is 3.46. The molecule has 2 atom stereocenters. The zero-order valence-corrected chi connectivity index (χ0v) is 11.7. The molecule has 0 bridgehead atoms. The Morgan fingerprint density at radius 1 is 1.33 bits per heavy atom. The zero-order valence-electron chi connectivity index (χ0n) is 11.7. The van der Waals surface area contributed by atoms with Gasteiger partial charge in [0.1, 0.15) is 6.04 Å². The Labute approximate surface area is 123 Å². The summed E-state index contributed by atoms with van der Waals surface area (Å²) >= 11 is 0. The number of rotatable bonds is 6. The molecule has 6 heteroatoms. The van der Waals surface area contributed by atoms with Crippen molar-refractivity contribution in [3.05, 3.63) is 35.9 Å². The average molecular weight is 292 g/mol. The number of benzene rings is 1. The predicted octanol–water partition coefficient (Wildman–Crippen LogP) is 1.02. The third kappa shape index (κ3) is 5.07. The summed E-state index contributed by atoms with van der Waals surface area (Å²) in [5.74, 6) is -0.730. The van der Waals surface area contributed by atoms with Crippen molar-refractivity contribution in [1.82, 2.24) is 10.6 Å². The Kier molecular flexibility index (Phi) is 5.57. The summed E-state index contributed by atoms with van der Waals surface area (Å²) in [6.45, 7) is 1.87. The van der Waals surface area contributed by atoms with Gasteiger partial charge in [-0.05, 0) is 12.0 Å². The maximum absolute atomic E-state index is 11.8. The summed E-state index contributed by atoms with van der Waals surface area (Å²) in [4.78, 5) is 23.0. The standard InChI is InChI=1S/C15H20N2O4/c18-14(19)13(8-11-4-2-1-3-5-11)17-15(20)16-9-12-6-7-21-10-12/h1-5,12-13H,6-10H2,(H,18,19)(H2,16,17,20)/t12?,13-/m1/s1. The molecule has 1 heterocycles. The van der Waals surface area contributed by atoms with Crippen LogP contribution in [0.25, 0.3) is 0 Å². The number of carboxylic acids is 1. The van der Waals surface area contributed by atoms with E-state index < -0.39 is 18.0 Å². The van der Waals surface area contributed by atoms with E-state index in [1.54, 1.807) is 0 Å². The Bertz CT molecular complexity index is 472. The van der Waals surface area contributed by atoms with Crippen molar-refractivity contribution in [2.75, 3.05) is 19.8 Å². The summed E-state index contributed by atoms with van der Waals surface area (Å²) in [6.07, 6.45) is 1.18. The molecule has 114 valence electrons.